The van der Waals surface area contributed by atoms with Crippen LogP contribution in [0.3, 0.4) is 0 Å². The minimum Gasteiger partial charge on any atom is -0.504 e. The number of anilines is 1. The summed E-state index contributed by atoms with van der Waals surface area (Å²) in [6, 6.07) is 8.97. The van der Waals surface area contributed by atoms with Gasteiger partial charge in [-0.05, 0) is 49.7 Å². The number of phenols is 5. The van der Waals surface area contributed by atoms with E-state index in [-0.39, 0.29) is 38.9 Å². The average molecular weight is 627 g/mol. The molecule has 14 heteroatoms. The van der Waals surface area contributed by atoms with Crippen molar-refractivity contribution in [2.45, 2.75) is 25.7 Å². The van der Waals surface area contributed by atoms with Crippen molar-refractivity contribution in [3.05, 3.63) is 86.8 Å². The third kappa shape index (κ3) is 5.58. The van der Waals surface area contributed by atoms with Crippen LogP contribution in [0.4, 0.5) is 5.69 Å². The SMILES string of the molecule is COc1cn(C(C(=O)Nc2ccc(C)cc2)C(O)(O)c2c(O)c(O)c(O)c(O)c2O)c(=O)cc1-c1cc(Cl)ccc1C(C)=O. The van der Waals surface area contributed by atoms with Gasteiger partial charge in [0, 0.05) is 27.9 Å². The number of nitrogens with zero attached hydrogens (tertiary/aromatic N) is 1. The van der Waals surface area contributed by atoms with Crippen molar-refractivity contribution in [3.8, 4) is 45.6 Å². The molecule has 0 aliphatic carbocycles. The topological polar surface area (TPSA) is 219 Å². The molecule has 230 valence electrons. The van der Waals surface area contributed by atoms with E-state index >= 15 is 0 Å². The quantitative estimate of drug-likeness (QED) is 0.0614. The molecule has 0 aliphatic rings. The van der Waals surface area contributed by atoms with Gasteiger partial charge in [0.15, 0.2) is 23.3 Å². The molecule has 0 saturated heterocycles. The maximum atomic E-state index is 13.7. The Balaban J connectivity index is 2.01. The molecule has 0 spiro atoms. The monoisotopic (exact) mass is 626 g/mol. The highest BCUT2D eigenvalue weighted by Crippen LogP contribution is 2.55. The standard InChI is InChI=1S/C30H27ClN2O11/c1-13-4-7-16(8-5-13)32-29(41)28(30(42,43)22-23(36)25(38)27(40)26(39)24(22)37)33-12-20(44-3)19(11-21(33)35)18-10-15(31)6-9-17(18)14(2)34/h4-12,28,36-40,42-43H,1-3H3,(H,32,41). The summed E-state index contributed by atoms with van der Waals surface area (Å²) in [7, 11) is 1.20. The number of aromatic hydroxyl groups is 5. The smallest absolute Gasteiger partial charge is 0.253 e. The van der Waals surface area contributed by atoms with E-state index < -0.39 is 57.6 Å². The molecule has 44 heavy (non-hydrogen) atoms. The molecule has 0 saturated carbocycles. The number of pyridine rings is 1. The van der Waals surface area contributed by atoms with Gasteiger partial charge in [0.1, 0.15) is 11.3 Å². The number of halogens is 1. The number of nitrogens with one attached hydrogen (secondary N) is 1. The van der Waals surface area contributed by atoms with Gasteiger partial charge in [-0.3, -0.25) is 19.0 Å². The number of methoxy groups -OCH3 is 1. The van der Waals surface area contributed by atoms with E-state index in [9.17, 15) is 50.1 Å². The number of ketones is 1. The summed E-state index contributed by atoms with van der Waals surface area (Å²) in [5.41, 5.74) is -1.11. The number of phenolic OH excluding ortho intramolecular Hbond substituents is 5. The lowest BCUT2D eigenvalue weighted by molar-refractivity contribution is -0.205. The van der Waals surface area contributed by atoms with Gasteiger partial charge in [-0.1, -0.05) is 29.3 Å². The van der Waals surface area contributed by atoms with Crippen molar-refractivity contribution < 1.29 is 50.1 Å². The summed E-state index contributed by atoms with van der Waals surface area (Å²) in [5, 5.41) is 76.4. The van der Waals surface area contributed by atoms with Crippen LogP contribution in [-0.2, 0) is 10.6 Å². The highest BCUT2D eigenvalue weighted by Gasteiger charge is 2.49. The third-order valence-corrected chi connectivity index (χ3v) is 7.12. The number of hydrogen-bond acceptors (Lipinski definition) is 11. The van der Waals surface area contributed by atoms with Gasteiger partial charge in [0.25, 0.3) is 11.5 Å². The first kappa shape index (κ1) is 31.7. The van der Waals surface area contributed by atoms with Crippen molar-refractivity contribution >= 4 is 29.0 Å². The zero-order valence-corrected chi connectivity index (χ0v) is 24.1. The van der Waals surface area contributed by atoms with E-state index in [0.29, 0.717) is 4.57 Å². The Morgan fingerprint density at radius 1 is 0.886 bits per heavy atom. The number of hydrogen-bond donors (Lipinski definition) is 8. The largest absolute Gasteiger partial charge is 0.504 e. The average Bonchev–Trinajstić information content (AvgIpc) is 2.96. The Morgan fingerprint density at radius 3 is 2.00 bits per heavy atom. The fraction of sp³-hybridized carbons (Fsp3) is 0.167. The molecule has 0 bridgehead atoms. The van der Waals surface area contributed by atoms with Crippen LogP contribution in [0.5, 0.6) is 34.5 Å². The minimum atomic E-state index is -3.78. The Labute approximate surface area is 254 Å². The van der Waals surface area contributed by atoms with Crippen LogP contribution in [0.25, 0.3) is 11.1 Å². The highest BCUT2D eigenvalue weighted by molar-refractivity contribution is 6.31. The molecule has 1 aromatic heterocycles. The molecular formula is C30H27ClN2O11. The van der Waals surface area contributed by atoms with Crippen LogP contribution < -0.4 is 15.6 Å². The van der Waals surface area contributed by atoms with Gasteiger partial charge in [-0.2, -0.15) is 0 Å². The Kier molecular flexibility index (Phi) is 8.50. The fourth-order valence-electron chi connectivity index (χ4n) is 4.67. The number of aryl methyl sites for hydroxylation is 1. The third-order valence-electron chi connectivity index (χ3n) is 6.88. The minimum absolute atomic E-state index is 0.0474. The lowest BCUT2D eigenvalue weighted by atomic mass is 9.93. The van der Waals surface area contributed by atoms with Crippen molar-refractivity contribution in [1.82, 2.24) is 4.57 Å². The number of amides is 1. The molecule has 0 radical (unpaired) electrons. The normalized spacial score (nSPS) is 12.0. The second kappa shape index (κ2) is 11.8. The molecule has 0 fully saturated rings. The van der Waals surface area contributed by atoms with Crippen molar-refractivity contribution in [1.29, 1.82) is 0 Å². The van der Waals surface area contributed by atoms with Gasteiger partial charge in [0.05, 0.1) is 13.3 Å². The Morgan fingerprint density at radius 2 is 1.45 bits per heavy atom. The molecule has 1 unspecified atom stereocenters. The van der Waals surface area contributed by atoms with Crippen LogP contribution in [0.15, 0.2) is 59.5 Å². The van der Waals surface area contributed by atoms with E-state index in [0.717, 1.165) is 17.8 Å². The number of ether oxygens (including phenoxy) is 1. The number of aromatic nitrogens is 1. The summed E-state index contributed by atoms with van der Waals surface area (Å²) < 4.78 is 5.93. The first-order chi connectivity index (χ1) is 20.6. The lowest BCUT2D eigenvalue weighted by Crippen LogP contribution is -2.47. The fourth-order valence-corrected chi connectivity index (χ4v) is 4.84. The van der Waals surface area contributed by atoms with E-state index in [1.165, 1.54) is 44.4 Å². The molecule has 0 aliphatic heterocycles. The summed E-state index contributed by atoms with van der Waals surface area (Å²) >= 11 is 6.15. The molecule has 3 aromatic carbocycles. The maximum absolute atomic E-state index is 13.7. The van der Waals surface area contributed by atoms with Gasteiger partial charge in [-0.25, -0.2) is 0 Å². The van der Waals surface area contributed by atoms with Crippen LogP contribution >= 0.6 is 11.6 Å². The van der Waals surface area contributed by atoms with Crippen molar-refractivity contribution in [3.63, 3.8) is 0 Å². The summed E-state index contributed by atoms with van der Waals surface area (Å²) in [6.45, 7) is 3.07. The molecule has 8 N–H and O–H groups in total. The zero-order chi connectivity index (χ0) is 32.7. The van der Waals surface area contributed by atoms with Crippen LogP contribution in [0.1, 0.15) is 34.5 Å². The van der Waals surface area contributed by atoms with Crippen LogP contribution in [0.2, 0.25) is 5.02 Å². The second-order valence-electron chi connectivity index (χ2n) is 9.85. The number of Topliss-reactive ketones (excluding diaryl/α,β-unsaturated/α-hetero) is 1. The maximum Gasteiger partial charge on any atom is 0.253 e. The number of benzene rings is 3. The first-order valence-corrected chi connectivity index (χ1v) is 13.1. The number of rotatable bonds is 8. The van der Waals surface area contributed by atoms with E-state index in [2.05, 4.69) is 5.32 Å². The molecule has 1 amide bonds. The molecule has 4 rings (SSSR count). The Bertz CT molecular complexity index is 1820. The van der Waals surface area contributed by atoms with Gasteiger partial charge in [-0.15, -0.1) is 0 Å². The molecule has 4 aromatic rings. The highest BCUT2D eigenvalue weighted by atomic mass is 35.5. The molecule has 13 nitrogen and oxygen atoms in total. The summed E-state index contributed by atoms with van der Waals surface area (Å²) in [6.07, 6.45) is 0.914. The second-order valence-corrected chi connectivity index (χ2v) is 10.3. The summed E-state index contributed by atoms with van der Waals surface area (Å²) in [5.74, 6) is -12.9. The first-order valence-electron chi connectivity index (χ1n) is 12.7. The lowest BCUT2D eigenvalue weighted by Gasteiger charge is -2.33. The van der Waals surface area contributed by atoms with Gasteiger partial charge < -0.3 is 45.8 Å². The van der Waals surface area contributed by atoms with Crippen molar-refractivity contribution in [2.75, 3.05) is 12.4 Å². The summed E-state index contributed by atoms with van der Waals surface area (Å²) in [4.78, 5) is 39.7. The zero-order valence-electron chi connectivity index (χ0n) is 23.4. The Hall–Kier alpha value is -5.24. The van der Waals surface area contributed by atoms with Crippen LogP contribution in [-0.4, -0.2) is 59.1 Å². The van der Waals surface area contributed by atoms with E-state index in [4.69, 9.17) is 16.3 Å². The van der Waals surface area contributed by atoms with Gasteiger partial charge in [0.2, 0.25) is 23.0 Å². The molecule has 1 atom stereocenters. The number of carbonyl (C=O) groups excluding carboxylic acids is 2. The van der Waals surface area contributed by atoms with Gasteiger partial charge >= 0.3 is 0 Å². The van der Waals surface area contributed by atoms with Crippen molar-refractivity contribution in [2.24, 2.45) is 0 Å². The number of aliphatic hydroxyl groups is 2. The predicted octanol–water partition coefficient (Wildman–Crippen LogP) is 3.23. The van der Waals surface area contributed by atoms with Crippen LogP contribution in [0, 0.1) is 6.92 Å². The van der Waals surface area contributed by atoms with E-state index in [1.54, 1.807) is 19.1 Å². The van der Waals surface area contributed by atoms with E-state index in [1.807, 2.05) is 0 Å². The predicted molar refractivity (Wildman–Crippen MR) is 157 cm³/mol. The number of carbonyl (C=O) groups is 2. The molecular weight excluding hydrogens is 600 g/mol. The molecule has 1 heterocycles.